The highest BCUT2D eigenvalue weighted by Gasteiger charge is 2.29. The molecule has 0 saturated carbocycles. The maximum Gasteiger partial charge on any atom is 0.257 e. The lowest BCUT2D eigenvalue weighted by molar-refractivity contribution is 0.0784. The smallest absolute Gasteiger partial charge is 0.257 e. The van der Waals surface area contributed by atoms with Gasteiger partial charge in [-0.1, -0.05) is 18.2 Å². The van der Waals surface area contributed by atoms with Crippen LogP contribution in [-0.2, 0) is 10.0 Å². The van der Waals surface area contributed by atoms with Crippen molar-refractivity contribution in [2.24, 2.45) is 5.92 Å². The predicted octanol–water partition coefficient (Wildman–Crippen LogP) is 1.87. The Morgan fingerprint density at radius 2 is 2.30 bits per heavy atom. The van der Waals surface area contributed by atoms with Gasteiger partial charge in [-0.3, -0.25) is 4.79 Å². The van der Waals surface area contributed by atoms with Gasteiger partial charge >= 0.3 is 0 Å². The van der Waals surface area contributed by atoms with E-state index in [4.69, 9.17) is 16.3 Å². The Balaban J connectivity index is 2.03. The quantitative estimate of drug-likeness (QED) is 0.842. The van der Waals surface area contributed by atoms with Gasteiger partial charge in [0, 0.05) is 30.1 Å². The zero-order valence-corrected chi connectivity index (χ0v) is 14.4. The lowest BCUT2D eigenvalue weighted by Gasteiger charge is -2.18. The molecule has 1 heterocycles. The summed E-state index contributed by atoms with van der Waals surface area (Å²) in [5.41, 5.74) is 0.410. The third-order valence-electron chi connectivity index (χ3n) is 3.76. The van der Waals surface area contributed by atoms with Crippen molar-refractivity contribution < 1.29 is 17.9 Å². The number of sulfonamides is 1. The Labute approximate surface area is 141 Å². The van der Waals surface area contributed by atoms with E-state index in [1.165, 1.54) is 7.11 Å². The van der Waals surface area contributed by atoms with Gasteiger partial charge in [0.2, 0.25) is 10.0 Å². The first kappa shape index (κ1) is 17.8. The van der Waals surface area contributed by atoms with Gasteiger partial charge < -0.3 is 9.64 Å². The van der Waals surface area contributed by atoms with Crippen LogP contribution in [0.1, 0.15) is 16.8 Å². The van der Waals surface area contributed by atoms with E-state index in [-0.39, 0.29) is 18.4 Å². The summed E-state index contributed by atoms with van der Waals surface area (Å²) in [7, 11) is -1.94. The summed E-state index contributed by atoms with van der Waals surface area (Å²) in [6, 6.07) is 4.89. The molecule has 1 aliphatic rings. The number of hydrogen-bond acceptors (Lipinski definition) is 4. The fourth-order valence-corrected chi connectivity index (χ4v) is 3.25. The molecule has 1 aromatic rings. The zero-order valence-electron chi connectivity index (χ0n) is 12.8. The summed E-state index contributed by atoms with van der Waals surface area (Å²) in [4.78, 5) is 14.3. The Bertz CT molecular complexity index is 705. The Morgan fingerprint density at radius 1 is 1.57 bits per heavy atom. The summed E-state index contributed by atoms with van der Waals surface area (Å²) in [5, 5.41) is 1.34. The second kappa shape index (κ2) is 7.33. The Morgan fingerprint density at radius 3 is 2.96 bits per heavy atom. The molecule has 1 aliphatic heterocycles. The number of amides is 1. The predicted molar refractivity (Wildman–Crippen MR) is 89.1 cm³/mol. The molecule has 1 atom stereocenters. The SMILES string of the molecule is C=CS(=O)(=O)NC[C@H]1CCN(C(=O)c2cc(Cl)ccc2OC)C1. The Kier molecular flexibility index (Phi) is 5.67. The number of carbonyl (C=O) groups is 1. The van der Waals surface area contributed by atoms with Crippen LogP contribution in [0.3, 0.4) is 0 Å². The van der Waals surface area contributed by atoms with Gasteiger partial charge in [-0.05, 0) is 30.5 Å². The molecule has 1 fully saturated rings. The van der Waals surface area contributed by atoms with Crippen LogP contribution < -0.4 is 9.46 Å². The van der Waals surface area contributed by atoms with Gasteiger partial charge in [0.1, 0.15) is 5.75 Å². The molecule has 8 heteroatoms. The second-order valence-electron chi connectivity index (χ2n) is 5.31. The van der Waals surface area contributed by atoms with Gasteiger partial charge in [0.25, 0.3) is 5.91 Å². The first-order chi connectivity index (χ1) is 10.9. The molecule has 23 heavy (non-hydrogen) atoms. The van der Waals surface area contributed by atoms with Crippen LogP contribution in [0.25, 0.3) is 0 Å². The minimum atomic E-state index is -3.44. The lowest BCUT2D eigenvalue weighted by atomic mass is 10.1. The zero-order chi connectivity index (χ0) is 17.0. The highest BCUT2D eigenvalue weighted by molar-refractivity contribution is 7.92. The molecule has 126 valence electrons. The number of nitrogens with zero attached hydrogens (tertiary/aromatic N) is 1. The third kappa shape index (κ3) is 4.46. The van der Waals surface area contributed by atoms with E-state index < -0.39 is 10.0 Å². The summed E-state index contributed by atoms with van der Waals surface area (Å²) < 4.78 is 30.4. The number of ether oxygens (including phenoxy) is 1. The van der Waals surface area contributed by atoms with Crippen LogP contribution in [-0.4, -0.2) is 46.0 Å². The van der Waals surface area contributed by atoms with Gasteiger partial charge in [0.15, 0.2) is 0 Å². The number of likely N-dealkylation sites (tertiary alicyclic amines) is 1. The highest BCUT2D eigenvalue weighted by atomic mass is 35.5. The van der Waals surface area contributed by atoms with Gasteiger partial charge in [0.05, 0.1) is 12.7 Å². The standard InChI is InChI=1S/C15H19ClN2O4S/c1-3-23(20,21)17-9-11-6-7-18(10-11)15(19)13-8-12(16)4-5-14(13)22-2/h3-5,8,11,17H,1,6-7,9-10H2,2H3/t11-/m1/s1. The molecule has 0 unspecified atom stereocenters. The van der Waals surface area contributed by atoms with Crippen molar-refractivity contribution in [1.82, 2.24) is 9.62 Å². The van der Waals surface area contributed by atoms with Gasteiger partial charge in [-0.15, -0.1) is 0 Å². The van der Waals surface area contributed by atoms with E-state index in [0.717, 1.165) is 11.8 Å². The first-order valence-electron chi connectivity index (χ1n) is 7.11. The first-order valence-corrected chi connectivity index (χ1v) is 9.03. The molecule has 6 nitrogen and oxygen atoms in total. The molecule has 2 rings (SSSR count). The number of hydrogen-bond donors (Lipinski definition) is 1. The number of halogens is 1. The molecule has 0 aliphatic carbocycles. The average Bonchev–Trinajstić information content (AvgIpc) is 3.01. The van der Waals surface area contributed by atoms with Crippen molar-refractivity contribution in [2.45, 2.75) is 6.42 Å². The number of methoxy groups -OCH3 is 1. The fourth-order valence-electron chi connectivity index (χ4n) is 2.49. The van der Waals surface area contributed by atoms with Crippen molar-refractivity contribution in [3.63, 3.8) is 0 Å². The molecule has 0 radical (unpaired) electrons. The number of nitrogens with one attached hydrogen (secondary N) is 1. The van der Waals surface area contributed by atoms with Crippen LogP contribution >= 0.6 is 11.6 Å². The minimum absolute atomic E-state index is 0.0684. The third-order valence-corrected chi connectivity index (χ3v) is 5.00. The number of carbonyl (C=O) groups excluding carboxylic acids is 1. The normalized spacial score (nSPS) is 18.0. The monoisotopic (exact) mass is 358 g/mol. The summed E-state index contributed by atoms with van der Waals surface area (Å²) in [6.45, 7) is 4.57. The molecule has 1 amide bonds. The average molecular weight is 359 g/mol. The highest BCUT2D eigenvalue weighted by Crippen LogP contribution is 2.26. The van der Waals surface area contributed by atoms with Crippen molar-refractivity contribution >= 4 is 27.5 Å². The Hall–Kier alpha value is -1.57. The van der Waals surface area contributed by atoms with Gasteiger partial charge in [-0.25, -0.2) is 13.1 Å². The minimum Gasteiger partial charge on any atom is -0.496 e. The van der Waals surface area contributed by atoms with Crippen LogP contribution in [0.4, 0.5) is 0 Å². The van der Waals surface area contributed by atoms with E-state index in [9.17, 15) is 13.2 Å². The lowest BCUT2D eigenvalue weighted by Crippen LogP contribution is -2.32. The molecular formula is C15H19ClN2O4S. The van der Waals surface area contributed by atoms with Crippen molar-refractivity contribution in [1.29, 1.82) is 0 Å². The van der Waals surface area contributed by atoms with Gasteiger partial charge in [-0.2, -0.15) is 0 Å². The summed E-state index contributed by atoms with van der Waals surface area (Å²) in [5.74, 6) is 0.368. The van der Waals surface area contributed by atoms with Crippen LogP contribution in [0.2, 0.25) is 5.02 Å². The molecule has 0 bridgehead atoms. The topological polar surface area (TPSA) is 75.7 Å². The fraction of sp³-hybridized carbons (Fsp3) is 0.400. The molecular weight excluding hydrogens is 340 g/mol. The van der Waals surface area contributed by atoms with Crippen LogP contribution in [0, 0.1) is 5.92 Å². The van der Waals surface area contributed by atoms with Crippen molar-refractivity contribution in [2.75, 3.05) is 26.7 Å². The van der Waals surface area contributed by atoms with Crippen molar-refractivity contribution in [3.8, 4) is 5.75 Å². The molecule has 1 saturated heterocycles. The van der Waals surface area contributed by atoms with E-state index in [1.807, 2.05) is 0 Å². The number of rotatable bonds is 6. The molecule has 0 spiro atoms. The summed E-state index contributed by atoms with van der Waals surface area (Å²) >= 11 is 5.96. The second-order valence-corrected chi connectivity index (χ2v) is 7.46. The summed E-state index contributed by atoms with van der Waals surface area (Å²) in [6.07, 6.45) is 0.730. The van der Waals surface area contributed by atoms with Crippen molar-refractivity contribution in [3.05, 3.63) is 40.8 Å². The molecule has 0 aromatic heterocycles. The number of benzene rings is 1. The molecule has 1 N–H and O–H groups in total. The van der Waals surface area contributed by atoms with E-state index in [0.29, 0.717) is 29.4 Å². The van der Waals surface area contributed by atoms with E-state index >= 15 is 0 Å². The van der Waals surface area contributed by atoms with E-state index in [1.54, 1.807) is 23.1 Å². The van der Waals surface area contributed by atoms with E-state index in [2.05, 4.69) is 11.3 Å². The van der Waals surface area contributed by atoms with Crippen LogP contribution in [0.5, 0.6) is 5.75 Å². The van der Waals surface area contributed by atoms with Crippen LogP contribution in [0.15, 0.2) is 30.2 Å². The largest absolute Gasteiger partial charge is 0.496 e. The molecule has 1 aromatic carbocycles. The maximum atomic E-state index is 12.6. The maximum absolute atomic E-state index is 12.6.